The first kappa shape index (κ1) is 19.1. The van der Waals surface area contributed by atoms with Crippen molar-refractivity contribution in [1.82, 2.24) is 19.9 Å². The highest BCUT2D eigenvalue weighted by atomic mass is 19.1. The van der Waals surface area contributed by atoms with Gasteiger partial charge in [-0.15, -0.1) is 5.10 Å². The molecule has 1 fully saturated rings. The van der Waals surface area contributed by atoms with Crippen LogP contribution < -0.4 is 4.74 Å². The molecule has 0 N–H and O–H groups in total. The van der Waals surface area contributed by atoms with Crippen molar-refractivity contribution in [2.24, 2.45) is 0 Å². The SMILES string of the molecule is COc1cccc(C2CCCCN2C(=O)c2cn(Cc3ccc(F)cc3)nn2)c1. The highest BCUT2D eigenvalue weighted by Crippen LogP contribution is 2.33. The van der Waals surface area contributed by atoms with Gasteiger partial charge in [0.1, 0.15) is 11.6 Å². The highest BCUT2D eigenvalue weighted by Gasteiger charge is 2.30. The number of methoxy groups -OCH3 is 1. The molecule has 0 radical (unpaired) electrons. The maximum atomic E-state index is 13.2. The summed E-state index contributed by atoms with van der Waals surface area (Å²) >= 11 is 0. The van der Waals surface area contributed by atoms with Gasteiger partial charge in [0.2, 0.25) is 0 Å². The summed E-state index contributed by atoms with van der Waals surface area (Å²) in [5.74, 6) is 0.380. The minimum Gasteiger partial charge on any atom is -0.497 e. The molecule has 4 rings (SSSR count). The molecule has 1 aromatic heterocycles. The molecule has 2 heterocycles. The molecule has 1 aliphatic rings. The zero-order chi connectivity index (χ0) is 20.2. The van der Waals surface area contributed by atoms with Crippen LogP contribution in [-0.4, -0.2) is 39.5 Å². The third-order valence-electron chi connectivity index (χ3n) is 5.26. The van der Waals surface area contributed by atoms with Crippen LogP contribution in [0.2, 0.25) is 0 Å². The first-order valence-corrected chi connectivity index (χ1v) is 9.73. The molecular weight excluding hydrogens is 371 g/mol. The van der Waals surface area contributed by atoms with Crippen LogP contribution in [0.5, 0.6) is 5.75 Å². The average Bonchev–Trinajstić information content (AvgIpc) is 3.23. The van der Waals surface area contributed by atoms with Crippen molar-refractivity contribution in [3.05, 3.63) is 77.4 Å². The van der Waals surface area contributed by atoms with E-state index in [2.05, 4.69) is 10.3 Å². The normalized spacial score (nSPS) is 16.6. The fraction of sp³-hybridized carbons (Fsp3) is 0.318. The van der Waals surface area contributed by atoms with Gasteiger partial charge in [-0.1, -0.05) is 29.5 Å². The smallest absolute Gasteiger partial charge is 0.276 e. The lowest BCUT2D eigenvalue weighted by molar-refractivity contribution is 0.0605. The number of hydrogen-bond acceptors (Lipinski definition) is 4. The van der Waals surface area contributed by atoms with E-state index in [0.717, 1.165) is 36.1 Å². The highest BCUT2D eigenvalue weighted by molar-refractivity contribution is 5.92. The summed E-state index contributed by atoms with van der Waals surface area (Å²) < 4.78 is 20.0. The van der Waals surface area contributed by atoms with Gasteiger partial charge in [-0.2, -0.15) is 0 Å². The van der Waals surface area contributed by atoms with Crippen LogP contribution >= 0.6 is 0 Å². The average molecular weight is 394 g/mol. The van der Waals surface area contributed by atoms with E-state index in [0.29, 0.717) is 18.8 Å². The quantitative estimate of drug-likeness (QED) is 0.660. The Labute approximate surface area is 168 Å². The van der Waals surface area contributed by atoms with Gasteiger partial charge in [0, 0.05) is 6.54 Å². The lowest BCUT2D eigenvalue weighted by Crippen LogP contribution is -2.38. The topological polar surface area (TPSA) is 60.2 Å². The van der Waals surface area contributed by atoms with Crippen LogP contribution in [-0.2, 0) is 6.54 Å². The van der Waals surface area contributed by atoms with E-state index in [1.807, 2.05) is 29.2 Å². The largest absolute Gasteiger partial charge is 0.497 e. The van der Waals surface area contributed by atoms with Gasteiger partial charge in [0.15, 0.2) is 5.69 Å². The number of benzene rings is 2. The number of nitrogens with zero attached hydrogens (tertiary/aromatic N) is 4. The number of aromatic nitrogens is 3. The van der Waals surface area contributed by atoms with E-state index >= 15 is 0 Å². The Balaban J connectivity index is 1.52. The number of rotatable bonds is 5. The molecule has 29 heavy (non-hydrogen) atoms. The zero-order valence-electron chi connectivity index (χ0n) is 16.3. The monoisotopic (exact) mass is 394 g/mol. The van der Waals surface area contributed by atoms with Crippen LogP contribution in [0, 0.1) is 5.82 Å². The van der Waals surface area contributed by atoms with Gasteiger partial charge in [-0.05, 0) is 54.7 Å². The van der Waals surface area contributed by atoms with E-state index in [1.165, 1.54) is 12.1 Å². The molecular formula is C22H23FN4O2. The van der Waals surface area contributed by atoms with Crippen LogP contribution in [0.3, 0.4) is 0 Å². The molecule has 1 atom stereocenters. The summed E-state index contributed by atoms with van der Waals surface area (Å²) in [4.78, 5) is 15.1. The third kappa shape index (κ3) is 4.29. The summed E-state index contributed by atoms with van der Waals surface area (Å²) in [5.41, 5.74) is 2.28. The third-order valence-corrected chi connectivity index (χ3v) is 5.26. The first-order valence-electron chi connectivity index (χ1n) is 9.73. The number of carbonyl (C=O) groups is 1. The molecule has 1 unspecified atom stereocenters. The predicted molar refractivity (Wildman–Crippen MR) is 106 cm³/mol. The second-order valence-corrected chi connectivity index (χ2v) is 7.21. The van der Waals surface area contributed by atoms with Crippen molar-refractivity contribution in [1.29, 1.82) is 0 Å². The Morgan fingerprint density at radius 1 is 1.21 bits per heavy atom. The summed E-state index contributed by atoms with van der Waals surface area (Å²) in [6, 6.07) is 14.1. The van der Waals surface area contributed by atoms with Crippen LogP contribution in [0.1, 0.15) is 46.9 Å². The fourth-order valence-corrected chi connectivity index (χ4v) is 3.77. The van der Waals surface area contributed by atoms with E-state index < -0.39 is 0 Å². The number of amides is 1. The first-order chi connectivity index (χ1) is 14.1. The van der Waals surface area contributed by atoms with Crippen LogP contribution in [0.15, 0.2) is 54.7 Å². The minimum absolute atomic E-state index is 0.00593. The number of likely N-dealkylation sites (tertiary alicyclic amines) is 1. The van der Waals surface area contributed by atoms with E-state index in [4.69, 9.17) is 4.74 Å². The van der Waals surface area contributed by atoms with Crippen molar-refractivity contribution >= 4 is 5.91 Å². The zero-order valence-corrected chi connectivity index (χ0v) is 16.3. The molecule has 2 aromatic carbocycles. The molecule has 150 valence electrons. The van der Waals surface area contributed by atoms with Crippen molar-refractivity contribution in [2.45, 2.75) is 31.8 Å². The Morgan fingerprint density at radius 3 is 2.83 bits per heavy atom. The molecule has 7 heteroatoms. The van der Waals surface area contributed by atoms with Crippen LogP contribution in [0.4, 0.5) is 4.39 Å². The number of ether oxygens (including phenoxy) is 1. The van der Waals surface area contributed by atoms with Crippen molar-refractivity contribution in [3.8, 4) is 5.75 Å². The number of halogens is 1. The van der Waals surface area contributed by atoms with Gasteiger partial charge in [-0.25, -0.2) is 9.07 Å². The molecule has 0 aliphatic carbocycles. The Morgan fingerprint density at radius 2 is 2.03 bits per heavy atom. The summed E-state index contributed by atoms with van der Waals surface area (Å²) in [6.07, 6.45) is 4.60. The molecule has 0 spiro atoms. The standard InChI is InChI=1S/C22H23FN4O2/c1-29-19-6-4-5-17(13-19)21-7-2-3-12-27(21)22(28)20-15-26(25-24-20)14-16-8-10-18(23)11-9-16/h4-6,8-11,13,15,21H,2-3,7,12,14H2,1H3. The van der Waals surface area contributed by atoms with Crippen molar-refractivity contribution in [2.75, 3.05) is 13.7 Å². The second kappa shape index (κ2) is 8.43. The van der Waals surface area contributed by atoms with Gasteiger partial charge in [0.05, 0.1) is 25.9 Å². The Hall–Kier alpha value is -3.22. The van der Waals surface area contributed by atoms with Gasteiger partial charge in [-0.3, -0.25) is 4.79 Å². The molecule has 0 bridgehead atoms. The van der Waals surface area contributed by atoms with Crippen LogP contribution in [0.25, 0.3) is 0 Å². The van der Waals surface area contributed by atoms with E-state index in [-0.39, 0.29) is 17.8 Å². The van der Waals surface area contributed by atoms with Gasteiger partial charge >= 0.3 is 0 Å². The maximum Gasteiger partial charge on any atom is 0.276 e. The second-order valence-electron chi connectivity index (χ2n) is 7.21. The molecule has 3 aromatic rings. The lowest BCUT2D eigenvalue weighted by Gasteiger charge is -2.35. The number of piperidine rings is 1. The number of hydrogen-bond donors (Lipinski definition) is 0. The number of carbonyl (C=O) groups excluding carboxylic acids is 1. The van der Waals surface area contributed by atoms with Gasteiger partial charge < -0.3 is 9.64 Å². The summed E-state index contributed by atoms with van der Waals surface area (Å²) in [6.45, 7) is 1.12. The maximum absolute atomic E-state index is 13.2. The predicted octanol–water partition coefficient (Wildman–Crippen LogP) is 3.84. The minimum atomic E-state index is -0.281. The van der Waals surface area contributed by atoms with Gasteiger partial charge in [0.25, 0.3) is 5.91 Å². The Kier molecular flexibility index (Phi) is 5.55. The molecule has 1 amide bonds. The fourth-order valence-electron chi connectivity index (χ4n) is 3.77. The molecule has 1 aliphatic heterocycles. The van der Waals surface area contributed by atoms with Crippen molar-refractivity contribution < 1.29 is 13.9 Å². The molecule has 1 saturated heterocycles. The summed E-state index contributed by atoms with van der Waals surface area (Å²) in [7, 11) is 1.64. The molecule has 6 nitrogen and oxygen atoms in total. The molecule has 0 saturated carbocycles. The van der Waals surface area contributed by atoms with Crippen molar-refractivity contribution in [3.63, 3.8) is 0 Å². The van der Waals surface area contributed by atoms with E-state index in [1.54, 1.807) is 30.1 Å². The Bertz CT molecular complexity index is 986. The van der Waals surface area contributed by atoms with E-state index in [9.17, 15) is 9.18 Å². The lowest BCUT2D eigenvalue weighted by atomic mass is 9.94. The summed E-state index contributed by atoms with van der Waals surface area (Å²) in [5, 5.41) is 8.17.